The molecule has 0 unspecified atom stereocenters. The van der Waals surface area contributed by atoms with Crippen LogP contribution in [0.4, 0.5) is 0 Å². The third-order valence-corrected chi connectivity index (χ3v) is 8.87. The highest BCUT2D eigenvalue weighted by Crippen LogP contribution is 2.43. The molecular formula is C14H8Cl2N2S4. The molecule has 0 aliphatic rings. The molecule has 0 saturated carbocycles. The van der Waals surface area contributed by atoms with Gasteiger partial charge < -0.3 is 0 Å². The minimum atomic E-state index is 0.802. The van der Waals surface area contributed by atoms with E-state index in [1.807, 2.05) is 24.6 Å². The lowest BCUT2D eigenvalue weighted by atomic mass is 10.3. The largest absolute Gasteiger partial charge is 0.222 e. The van der Waals surface area contributed by atoms with Crippen molar-refractivity contribution in [3.63, 3.8) is 0 Å². The molecule has 112 valence electrons. The molecule has 2 nitrogen and oxygen atoms in total. The van der Waals surface area contributed by atoms with Crippen LogP contribution < -0.4 is 0 Å². The summed E-state index contributed by atoms with van der Waals surface area (Å²) >= 11 is 18.8. The molecule has 8 heteroatoms. The molecular weight excluding hydrogens is 395 g/mol. The predicted octanol–water partition coefficient (Wildman–Crippen LogP) is 7.13. The first-order valence-electron chi connectivity index (χ1n) is 6.30. The summed E-state index contributed by atoms with van der Waals surface area (Å²) in [5.41, 5.74) is 2.18. The van der Waals surface area contributed by atoms with E-state index in [4.69, 9.17) is 33.2 Å². The number of aromatic nitrogens is 2. The fourth-order valence-electron chi connectivity index (χ4n) is 2.05. The average molecular weight is 403 g/mol. The van der Waals surface area contributed by atoms with Gasteiger partial charge in [0.1, 0.15) is 10.0 Å². The molecule has 0 radical (unpaired) electrons. The second-order valence-electron chi connectivity index (χ2n) is 4.72. The van der Waals surface area contributed by atoms with E-state index in [2.05, 4.69) is 0 Å². The first-order chi connectivity index (χ1) is 10.5. The van der Waals surface area contributed by atoms with Crippen LogP contribution in [0.1, 0.15) is 11.1 Å². The molecule has 22 heavy (non-hydrogen) atoms. The number of rotatable bonds is 2. The summed E-state index contributed by atoms with van der Waals surface area (Å²) in [6, 6.07) is 0. The van der Waals surface area contributed by atoms with E-state index in [0.29, 0.717) is 0 Å². The second kappa shape index (κ2) is 5.54. The van der Waals surface area contributed by atoms with E-state index in [1.54, 1.807) is 45.3 Å². The molecule has 4 heterocycles. The zero-order chi connectivity index (χ0) is 15.4. The normalized spacial score (nSPS) is 11.6. The molecule has 0 N–H and O–H groups in total. The van der Waals surface area contributed by atoms with Crippen LogP contribution in [0.5, 0.6) is 0 Å². The Morgan fingerprint density at radius 3 is 1.50 bits per heavy atom. The second-order valence-corrected chi connectivity index (χ2v) is 9.25. The van der Waals surface area contributed by atoms with Gasteiger partial charge in [-0.3, -0.25) is 0 Å². The maximum atomic E-state index is 6.14. The summed E-state index contributed by atoms with van der Waals surface area (Å²) in [5, 5.41) is 7.51. The minimum absolute atomic E-state index is 0.802. The number of thiazole rings is 2. The van der Waals surface area contributed by atoms with Crippen LogP contribution >= 0.6 is 68.5 Å². The zero-order valence-corrected chi connectivity index (χ0v) is 16.2. The average Bonchev–Trinajstić information content (AvgIpc) is 3.18. The lowest BCUT2D eigenvalue weighted by molar-refractivity contribution is 1.47. The molecule has 0 spiro atoms. The van der Waals surface area contributed by atoms with Gasteiger partial charge in [-0.2, -0.15) is 0 Å². The summed E-state index contributed by atoms with van der Waals surface area (Å²) < 4.78 is 0. The summed E-state index contributed by atoms with van der Waals surface area (Å²) in [5.74, 6) is 0. The van der Waals surface area contributed by atoms with Crippen molar-refractivity contribution in [1.29, 1.82) is 0 Å². The molecule has 0 fully saturated rings. The number of nitrogens with zero attached hydrogens (tertiary/aromatic N) is 2. The van der Waals surface area contributed by atoms with Crippen LogP contribution in [0, 0.1) is 13.8 Å². The van der Waals surface area contributed by atoms with E-state index < -0.39 is 0 Å². The third-order valence-electron chi connectivity index (χ3n) is 3.32. The van der Waals surface area contributed by atoms with E-state index in [0.717, 1.165) is 50.6 Å². The number of fused-ring (bicyclic) bond motifs is 1. The molecule has 0 aliphatic heterocycles. The summed E-state index contributed by atoms with van der Waals surface area (Å²) in [4.78, 5) is 13.7. The monoisotopic (exact) mass is 402 g/mol. The van der Waals surface area contributed by atoms with Crippen LogP contribution in [0.15, 0.2) is 10.8 Å². The van der Waals surface area contributed by atoms with Crippen molar-refractivity contribution in [2.24, 2.45) is 0 Å². The molecule has 0 amide bonds. The highest BCUT2D eigenvalue weighted by molar-refractivity contribution is 7.31. The van der Waals surface area contributed by atoms with E-state index in [1.165, 1.54) is 0 Å². The fraction of sp³-hybridized carbons (Fsp3) is 0.143. The third kappa shape index (κ3) is 2.33. The van der Waals surface area contributed by atoms with Crippen LogP contribution in [-0.4, -0.2) is 9.97 Å². The molecule has 0 saturated heterocycles. The lowest BCUT2D eigenvalue weighted by Gasteiger charge is -1.94. The van der Waals surface area contributed by atoms with Gasteiger partial charge in [0.05, 0.1) is 19.8 Å². The Morgan fingerprint density at radius 1 is 0.773 bits per heavy atom. The Kier molecular flexibility index (Phi) is 3.79. The van der Waals surface area contributed by atoms with Crippen molar-refractivity contribution in [1.82, 2.24) is 9.97 Å². The number of hydrogen-bond donors (Lipinski definition) is 0. The summed E-state index contributed by atoms with van der Waals surface area (Å²) in [6.07, 6.45) is 0. The molecule has 0 aromatic carbocycles. The van der Waals surface area contributed by atoms with Crippen LogP contribution in [0.3, 0.4) is 0 Å². The van der Waals surface area contributed by atoms with E-state index >= 15 is 0 Å². The Balaban J connectivity index is 1.80. The number of hydrogen-bond acceptors (Lipinski definition) is 6. The maximum Gasteiger partial charge on any atom is 0.155 e. The van der Waals surface area contributed by atoms with Gasteiger partial charge in [0.15, 0.2) is 9.66 Å². The van der Waals surface area contributed by atoms with Crippen molar-refractivity contribution >= 4 is 78.2 Å². The van der Waals surface area contributed by atoms with Crippen molar-refractivity contribution in [3.8, 4) is 19.8 Å². The van der Waals surface area contributed by atoms with Gasteiger partial charge in [0.2, 0.25) is 0 Å². The Bertz CT molecular complexity index is 885. The van der Waals surface area contributed by atoms with Gasteiger partial charge in [-0.25, -0.2) is 9.97 Å². The maximum absolute atomic E-state index is 6.14. The molecule has 0 aliphatic carbocycles. The summed E-state index contributed by atoms with van der Waals surface area (Å²) in [7, 11) is 0. The van der Waals surface area contributed by atoms with Gasteiger partial charge >= 0.3 is 0 Å². The van der Waals surface area contributed by atoms with Crippen LogP contribution in [0.25, 0.3) is 29.4 Å². The van der Waals surface area contributed by atoms with Crippen molar-refractivity contribution < 1.29 is 0 Å². The smallest absolute Gasteiger partial charge is 0.155 e. The van der Waals surface area contributed by atoms with Crippen LogP contribution in [-0.2, 0) is 0 Å². The number of halogens is 2. The van der Waals surface area contributed by atoms with Gasteiger partial charge in [-0.15, -0.1) is 22.7 Å². The Hall–Kier alpha value is -0.500. The first-order valence-corrected chi connectivity index (χ1v) is 10.4. The Labute approximate surface area is 153 Å². The first kappa shape index (κ1) is 15.1. The van der Waals surface area contributed by atoms with Crippen LogP contribution in [0.2, 0.25) is 10.0 Å². The molecule has 0 atom stereocenters. The molecule has 4 rings (SSSR count). The van der Waals surface area contributed by atoms with E-state index in [-0.39, 0.29) is 0 Å². The lowest BCUT2D eigenvalue weighted by Crippen LogP contribution is -1.75. The molecule has 4 aromatic rings. The number of thiophene rings is 2. The Morgan fingerprint density at radius 2 is 1.18 bits per heavy atom. The SMILES string of the molecule is Cc1c(Cl)csc1-c1nc2sc(-c3scc(Cl)c3C)nc2s1. The topological polar surface area (TPSA) is 25.8 Å². The quantitative estimate of drug-likeness (QED) is 0.356. The predicted molar refractivity (Wildman–Crippen MR) is 101 cm³/mol. The van der Waals surface area contributed by atoms with Crippen molar-refractivity contribution in [3.05, 3.63) is 31.9 Å². The highest BCUT2D eigenvalue weighted by atomic mass is 35.5. The van der Waals surface area contributed by atoms with Gasteiger partial charge in [0, 0.05) is 10.8 Å². The zero-order valence-electron chi connectivity index (χ0n) is 11.4. The van der Waals surface area contributed by atoms with Gasteiger partial charge in [0.25, 0.3) is 0 Å². The van der Waals surface area contributed by atoms with Crippen molar-refractivity contribution in [2.45, 2.75) is 13.8 Å². The fourth-order valence-corrected chi connectivity index (χ4v) is 6.86. The van der Waals surface area contributed by atoms with E-state index in [9.17, 15) is 0 Å². The highest BCUT2D eigenvalue weighted by Gasteiger charge is 2.18. The van der Waals surface area contributed by atoms with Gasteiger partial charge in [-0.1, -0.05) is 45.9 Å². The molecule has 4 aromatic heterocycles. The standard InChI is InChI=1S/C14H8Cl2N2S4/c1-5-7(15)3-19-9(5)11-17-13-14(21-11)18-12(22-13)10-6(2)8(16)4-20-10/h3-4H,1-2H3. The van der Waals surface area contributed by atoms with Gasteiger partial charge in [-0.05, 0) is 25.0 Å². The summed E-state index contributed by atoms with van der Waals surface area (Å²) in [6.45, 7) is 4.05. The minimum Gasteiger partial charge on any atom is -0.222 e. The molecule has 0 bridgehead atoms. The van der Waals surface area contributed by atoms with Crippen molar-refractivity contribution in [2.75, 3.05) is 0 Å².